The Morgan fingerprint density at radius 1 is 1.03 bits per heavy atom. The summed E-state index contributed by atoms with van der Waals surface area (Å²) in [7, 11) is 3.89. The minimum atomic E-state index is -1.16. The van der Waals surface area contributed by atoms with E-state index in [1.54, 1.807) is 13.3 Å². The first-order valence-electron chi connectivity index (χ1n) is 26.7. The maximum Gasteiger partial charge on any atom is 0.324 e. The van der Waals surface area contributed by atoms with Gasteiger partial charge in [-0.15, -0.1) is 11.3 Å². The molecular weight excluding hydrogens is 959 g/mol. The fourth-order valence-corrected chi connectivity index (χ4v) is 12.3. The fourth-order valence-electron chi connectivity index (χ4n) is 11.4. The van der Waals surface area contributed by atoms with Gasteiger partial charge in [0.25, 0.3) is 5.91 Å². The van der Waals surface area contributed by atoms with Crippen molar-refractivity contribution in [2.24, 2.45) is 17.3 Å². The van der Waals surface area contributed by atoms with Gasteiger partial charge in [-0.25, -0.2) is 10.4 Å². The number of anilines is 1. The number of hydrogen-bond donors (Lipinski definition) is 2. The van der Waals surface area contributed by atoms with Gasteiger partial charge in [0.15, 0.2) is 0 Å². The Balaban J connectivity index is 1.11. The largest absolute Gasteiger partial charge is 0.464 e. The quantitative estimate of drug-likeness (QED) is 0.114. The zero-order chi connectivity index (χ0) is 51.7. The van der Waals surface area contributed by atoms with E-state index in [9.17, 15) is 14.4 Å². The first-order valence-corrected chi connectivity index (χ1v) is 27.5. The summed E-state index contributed by atoms with van der Waals surface area (Å²) in [6, 6.07) is 12.6. The summed E-state index contributed by atoms with van der Waals surface area (Å²) in [6.07, 6.45) is 5.87. The number of hydrogen-bond acceptors (Lipinski definition) is 15. The summed E-state index contributed by atoms with van der Waals surface area (Å²) >= 11 is 1.40. The summed E-state index contributed by atoms with van der Waals surface area (Å²) in [6.45, 7) is 17.0. The van der Waals surface area contributed by atoms with Crippen LogP contribution in [0.2, 0.25) is 0 Å². The molecule has 1 aliphatic carbocycles. The first-order chi connectivity index (χ1) is 35.8. The molecule has 1 saturated carbocycles. The smallest absolute Gasteiger partial charge is 0.324 e. The molecule has 0 unspecified atom stereocenters. The lowest BCUT2D eigenvalue weighted by atomic mass is 9.84. The average Bonchev–Trinajstić information content (AvgIpc) is 3.70. The second kappa shape index (κ2) is 22.5. The predicted molar refractivity (Wildman–Crippen MR) is 283 cm³/mol. The number of fused-ring (bicyclic) bond motifs is 6. The van der Waals surface area contributed by atoms with Gasteiger partial charge in [-0.05, 0) is 94.8 Å². The molecule has 0 radical (unpaired) electrons. The molecule has 4 fully saturated rings. The van der Waals surface area contributed by atoms with E-state index in [0.717, 1.165) is 95.1 Å². The third kappa shape index (κ3) is 11.0. The van der Waals surface area contributed by atoms with Crippen molar-refractivity contribution in [3.05, 3.63) is 82.2 Å². The number of amides is 2. The van der Waals surface area contributed by atoms with Gasteiger partial charge in [-0.3, -0.25) is 29.4 Å². The molecule has 3 saturated heterocycles. The molecular formula is C56H73N9O8S. The molecule has 0 spiro atoms. The van der Waals surface area contributed by atoms with E-state index in [-0.39, 0.29) is 49.1 Å². The maximum atomic E-state index is 15.0. The number of benzene rings is 1. The van der Waals surface area contributed by atoms with Gasteiger partial charge in [-0.1, -0.05) is 32.9 Å². The predicted octanol–water partition coefficient (Wildman–Crippen LogP) is 7.11. The number of piperazine rings is 1. The fraction of sp³-hybridized carbons (Fsp3) is 0.571. The zero-order valence-electron chi connectivity index (χ0n) is 44.0. The molecule has 6 bridgehead atoms. The average molecular weight is 1030 g/mol. The van der Waals surface area contributed by atoms with Crippen LogP contribution in [0, 0.1) is 17.3 Å². The third-order valence-corrected chi connectivity index (χ3v) is 16.7. The lowest BCUT2D eigenvalue weighted by Crippen LogP contribution is -2.61. The summed E-state index contributed by atoms with van der Waals surface area (Å²) < 4.78 is 33.6. The summed E-state index contributed by atoms with van der Waals surface area (Å²) in [5.74, 6) is -1.55. The van der Waals surface area contributed by atoms with E-state index in [2.05, 4.69) is 75.3 Å². The van der Waals surface area contributed by atoms with Crippen molar-refractivity contribution < 1.29 is 38.1 Å². The normalized spacial score (nSPS) is 25.4. The van der Waals surface area contributed by atoms with Gasteiger partial charge in [0.2, 0.25) is 5.91 Å². The van der Waals surface area contributed by atoms with Gasteiger partial charge in [0, 0.05) is 123 Å². The number of cyclic esters (lactones) is 1. The van der Waals surface area contributed by atoms with E-state index in [0.29, 0.717) is 57.2 Å². The van der Waals surface area contributed by atoms with E-state index < -0.39 is 35.5 Å². The number of aromatic nitrogens is 4. The Bertz CT molecular complexity index is 2790. The first kappa shape index (κ1) is 52.1. The molecule has 74 heavy (non-hydrogen) atoms. The SMILES string of the molecule is CCO[C@@H]1c2nc(cs2)-c2ccc3c(c2)c(c(-c2cc(N4CCN(C)CC4)cnc2[C@H](C)OC)n3CCOC2CCOCC2)CC(C)(C)COC(=O)[C@@H]2CCCN(N2)C(=O)[C@H]1NC(=O)[C@@H]1[C@@H](C)[C@H]1c1ccccn1. The van der Waals surface area contributed by atoms with Crippen LogP contribution in [0.4, 0.5) is 5.69 Å². The Morgan fingerprint density at radius 3 is 2.59 bits per heavy atom. The zero-order valence-corrected chi connectivity index (χ0v) is 44.8. The Labute approximate surface area is 438 Å². The van der Waals surface area contributed by atoms with Crippen LogP contribution in [0.5, 0.6) is 0 Å². The van der Waals surface area contributed by atoms with Gasteiger partial charge < -0.3 is 43.4 Å². The van der Waals surface area contributed by atoms with Crippen LogP contribution in [0.25, 0.3) is 33.4 Å². The van der Waals surface area contributed by atoms with Crippen LogP contribution >= 0.6 is 11.3 Å². The topological polar surface area (TPSA) is 175 Å². The molecule has 17 nitrogen and oxygen atoms in total. The highest BCUT2D eigenvalue weighted by Crippen LogP contribution is 2.53. The van der Waals surface area contributed by atoms with Gasteiger partial charge in [-0.2, -0.15) is 0 Å². The molecule has 7 atom stereocenters. The second-order valence-electron chi connectivity index (χ2n) is 21.5. The van der Waals surface area contributed by atoms with Crippen molar-refractivity contribution in [1.82, 2.24) is 40.2 Å². The lowest BCUT2D eigenvalue weighted by Gasteiger charge is -2.37. The van der Waals surface area contributed by atoms with Crippen molar-refractivity contribution >= 4 is 45.7 Å². The van der Waals surface area contributed by atoms with Gasteiger partial charge in [0.1, 0.15) is 23.2 Å². The highest BCUT2D eigenvalue weighted by atomic mass is 32.1. The molecule has 4 aliphatic heterocycles. The number of pyridine rings is 2. The summed E-state index contributed by atoms with van der Waals surface area (Å²) in [4.78, 5) is 63.5. The molecule has 2 amide bonds. The number of thiazole rings is 1. The number of ether oxygens (including phenoxy) is 5. The third-order valence-electron chi connectivity index (χ3n) is 15.8. The number of hydrazine groups is 1. The number of nitrogens with zero attached hydrogens (tertiary/aromatic N) is 7. The molecule has 396 valence electrons. The standard InChI is InChI=1S/C56H73N9O8S/c1-8-71-51-49(60-52(66)47-34(2)46(47)42-12-9-10-18-57-42)54(67)65-19-11-13-43(61-65)55(68)73-33-56(4,5)30-41-39-28-36(44-32-74-53(51)59-44)14-15-45(39)64(24-27-72-38-16-25-70-26-17-38)50(41)40-29-37(31-58-48(40)35(3)69-7)63-22-20-62(6)21-23-63/h9-10,12,14-15,18,28-29,31-32,34-35,38,43,46-47,49,51,61H,8,11,13,16-17,19-27,30,33H2,1-7H3,(H,60,66)/t34-,35-,43-,46-,47+,49-,51-/m0/s1. The highest BCUT2D eigenvalue weighted by Gasteiger charge is 2.54. The monoisotopic (exact) mass is 1030 g/mol. The Hall–Kier alpha value is -5.34. The molecule has 1 aromatic carbocycles. The molecule has 4 aromatic heterocycles. The molecule has 10 rings (SSSR count). The van der Waals surface area contributed by atoms with Crippen molar-refractivity contribution in [2.45, 2.75) is 110 Å². The van der Waals surface area contributed by atoms with Crippen LogP contribution in [-0.2, 0) is 51.0 Å². The number of nitrogens with one attached hydrogen (secondary N) is 2. The van der Waals surface area contributed by atoms with Crippen LogP contribution in [0.1, 0.15) is 100 Å². The number of rotatable bonds is 13. The van der Waals surface area contributed by atoms with Crippen LogP contribution in [-0.4, -0.2) is 145 Å². The lowest BCUT2D eigenvalue weighted by molar-refractivity contribution is -0.156. The number of carbonyl (C=O) groups excluding carboxylic acids is 3. The van der Waals surface area contributed by atoms with E-state index in [1.165, 1.54) is 16.3 Å². The second-order valence-corrected chi connectivity index (χ2v) is 22.4. The van der Waals surface area contributed by atoms with E-state index in [4.69, 9.17) is 33.7 Å². The van der Waals surface area contributed by atoms with Crippen molar-refractivity contribution in [3.8, 4) is 22.5 Å². The van der Waals surface area contributed by atoms with Crippen LogP contribution in [0.3, 0.4) is 0 Å². The molecule has 5 aliphatic rings. The van der Waals surface area contributed by atoms with Crippen LogP contribution in [0.15, 0.2) is 60.2 Å². The summed E-state index contributed by atoms with van der Waals surface area (Å²) in [5, 5.41) is 8.21. The molecule has 18 heteroatoms. The summed E-state index contributed by atoms with van der Waals surface area (Å²) in [5.41, 5.74) is 11.1. The molecule has 2 N–H and O–H groups in total. The van der Waals surface area contributed by atoms with Gasteiger partial charge in [0.05, 0.1) is 54.4 Å². The minimum absolute atomic E-state index is 0.0227. The van der Waals surface area contributed by atoms with Crippen molar-refractivity contribution in [1.29, 1.82) is 0 Å². The minimum Gasteiger partial charge on any atom is -0.464 e. The van der Waals surface area contributed by atoms with E-state index in [1.807, 2.05) is 50.5 Å². The number of carbonyl (C=O) groups is 3. The van der Waals surface area contributed by atoms with E-state index >= 15 is 0 Å². The maximum absolute atomic E-state index is 15.0. The number of methoxy groups -OCH3 is 1. The number of likely N-dealkylation sites (N-methyl/N-ethyl adjacent to an activating group) is 1. The highest BCUT2D eigenvalue weighted by molar-refractivity contribution is 7.10. The molecule has 5 aromatic rings. The Morgan fingerprint density at radius 2 is 1.84 bits per heavy atom. The van der Waals surface area contributed by atoms with Crippen LogP contribution < -0.4 is 15.6 Å². The van der Waals surface area contributed by atoms with Gasteiger partial charge >= 0.3 is 5.97 Å². The Kier molecular flexibility index (Phi) is 15.8. The number of esters is 1. The van der Waals surface area contributed by atoms with Crippen molar-refractivity contribution in [3.63, 3.8) is 0 Å². The molecule has 8 heterocycles. The van der Waals surface area contributed by atoms with Crippen molar-refractivity contribution in [2.75, 3.05) is 84.8 Å².